The topological polar surface area (TPSA) is 62.7 Å². The highest BCUT2D eigenvalue weighted by Gasteiger charge is 2.61. The van der Waals surface area contributed by atoms with E-state index in [1.54, 1.807) is 11.0 Å². The summed E-state index contributed by atoms with van der Waals surface area (Å²) in [7, 11) is 1.81. The van der Waals surface area contributed by atoms with Crippen molar-refractivity contribution in [1.82, 2.24) is 9.88 Å². The van der Waals surface area contributed by atoms with E-state index in [-0.39, 0.29) is 34.9 Å². The van der Waals surface area contributed by atoms with Crippen molar-refractivity contribution in [2.45, 2.75) is 44.8 Å². The first-order chi connectivity index (χ1) is 10.1. The van der Waals surface area contributed by atoms with Gasteiger partial charge in [0.05, 0.1) is 6.10 Å². The predicted molar refractivity (Wildman–Crippen MR) is 78.1 cm³/mol. The van der Waals surface area contributed by atoms with Crippen molar-refractivity contribution in [3.63, 3.8) is 0 Å². The number of nitrogens with zero attached hydrogens (tertiary/aromatic N) is 2. The van der Waals surface area contributed by atoms with E-state index in [1.165, 1.54) is 18.7 Å². The number of ether oxygens (including phenoxy) is 1. The molecule has 2 fully saturated rings. The summed E-state index contributed by atoms with van der Waals surface area (Å²) in [4.78, 5) is 18.3. The molecule has 5 heteroatoms. The fraction of sp³-hybridized carbons (Fsp3) is 0.625. The van der Waals surface area contributed by atoms with Gasteiger partial charge in [0.15, 0.2) is 5.69 Å². The van der Waals surface area contributed by atoms with Gasteiger partial charge in [-0.2, -0.15) is 0 Å². The number of carbonyl (C=O) groups is 1. The number of rotatable bonds is 4. The Morgan fingerprint density at radius 2 is 2.33 bits per heavy atom. The van der Waals surface area contributed by atoms with E-state index >= 15 is 0 Å². The number of amides is 1. The maximum Gasteiger partial charge on any atom is 0.276 e. The molecule has 1 amide bonds. The van der Waals surface area contributed by atoms with E-state index in [1.807, 2.05) is 14.0 Å². The quantitative estimate of drug-likeness (QED) is 0.923. The van der Waals surface area contributed by atoms with Gasteiger partial charge in [-0.1, -0.05) is 6.42 Å². The molecule has 2 saturated carbocycles. The van der Waals surface area contributed by atoms with Gasteiger partial charge in [0.1, 0.15) is 5.75 Å². The lowest BCUT2D eigenvalue weighted by Crippen LogP contribution is -2.67. The molecular weight excluding hydrogens is 268 g/mol. The molecule has 1 spiro atoms. The van der Waals surface area contributed by atoms with Gasteiger partial charge in [0.2, 0.25) is 0 Å². The van der Waals surface area contributed by atoms with Crippen molar-refractivity contribution in [2.75, 3.05) is 13.7 Å². The third-order valence-electron chi connectivity index (χ3n) is 5.17. The van der Waals surface area contributed by atoms with Gasteiger partial charge in [0.25, 0.3) is 5.91 Å². The highest BCUT2D eigenvalue weighted by molar-refractivity contribution is 5.95. The lowest BCUT2D eigenvalue weighted by molar-refractivity contribution is -0.192. The highest BCUT2D eigenvalue weighted by atomic mass is 16.5. The molecule has 0 aliphatic heterocycles. The van der Waals surface area contributed by atoms with Crippen molar-refractivity contribution < 1.29 is 14.6 Å². The van der Waals surface area contributed by atoms with E-state index in [0.717, 1.165) is 25.9 Å². The zero-order valence-corrected chi connectivity index (χ0v) is 12.6. The van der Waals surface area contributed by atoms with Crippen molar-refractivity contribution in [3.8, 4) is 5.75 Å². The van der Waals surface area contributed by atoms with E-state index in [4.69, 9.17) is 4.74 Å². The fourth-order valence-corrected chi connectivity index (χ4v) is 3.82. The molecule has 114 valence electrons. The largest absolute Gasteiger partial charge is 0.505 e. The first-order valence-electron chi connectivity index (χ1n) is 7.63. The zero-order chi connectivity index (χ0) is 15.0. The van der Waals surface area contributed by atoms with Crippen molar-refractivity contribution in [3.05, 3.63) is 24.0 Å². The Morgan fingerprint density at radius 1 is 1.57 bits per heavy atom. The second kappa shape index (κ2) is 5.30. The van der Waals surface area contributed by atoms with Crippen LogP contribution in [0.2, 0.25) is 0 Å². The minimum absolute atomic E-state index is 0.0577. The van der Waals surface area contributed by atoms with Crippen LogP contribution in [0.1, 0.15) is 43.1 Å². The number of hydrogen-bond donors (Lipinski definition) is 1. The molecule has 0 radical (unpaired) electrons. The number of carbonyl (C=O) groups excluding carboxylic acids is 1. The van der Waals surface area contributed by atoms with Gasteiger partial charge in [-0.15, -0.1) is 0 Å². The lowest BCUT2D eigenvalue weighted by atomic mass is 9.50. The summed E-state index contributed by atoms with van der Waals surface area (Å²) in [6.07, 6.45) is 6.13. The van der Waals surface area contributed by atoms with Crippen LogP contribution in [0.4, 0.5) is 0 Å². The molecule has 3 rings (SSSR count). The summed E-state index contributed by atoms with van der Waals surface area (Å²) in [6, 6.07) is 3.31. The number of pyridine rings is 1. The Bertz CT molecular complexity index is 542. The molecule has 0 saturated heterocycles. The summed E-state index contributed by atoms with van der Waals surface area (Å²) in [6.45, 7) is 2.73. The molecule has 1 heterocycles. The van der Waals surface area contributed by atoms with Crippen LogP contribution >= 0.6 is 0 Å². The average Bonchev–Trinajstić information content (AvgIpc) is 2.40. The summed E-state index contributed by atoms with van der Waals surface area (Å²) in [5, 5.41) is 9.81. The molecular formula is C16H22N2O3. The third-order valence-corrected chi connectivity index (χ3v) is 5.17. The Labute approximate surface area is 124 Å². The Morgan fingerprint density at radius 3 is 2.90 bits per heavy atom. The smallest absolute Gasteiger partial charge is 0.276 e. The molecule has 1 N–H and O–H groups in total. The van der Waals surface area contributed by atoms with Crippen LogP contribution < -0.4 is 0 Å². The average molecular weight is 290 g/mol. The standard InChI is InChI=1S/C16H22N2O3/c1-3-21-13-10-12(16(13)7-5-8-16)18(2)15(20)14-11(19)6-4-9-17-14/h4,6,9,12-13,19H,3,5,7-8,10H2,1-2H3. The minimum Gasteiger partial charge on any atom is -0.505 e. The first kappa shape index (κ1) is 14.3. The monoisotopic (exact) mass is 290 g/mol. The molecule has 0 bridgehead atoms. The third kappa shape index (κ3) is 2.11. The second-order valence-corrected chi connectivity index (χ2v) is 6.07. The second-order valence-electron chi connectivity index (χ2n) is 6.07. The molecule has 0 aromatic carbocycles. The minimum atomic E-state index is -0.209. The van der Waals surface area contributed by atoms with Crippen LogP contribution in [-0.2, 0) is 4.74 Å². The number of aromatic nitrogens is 1. The maximum atomic E-state index is 12.6. The molecule has 5 nitrogen and oxygen atoms in total. The van der Waals surface area contributed by atoms with Crippen LogP contribution in [0, 0.1) is 5.41 Å². The van der Waals surface area contributed by atoms with Crippen molar-refractivity contribution in [1.29, 1.82) is 0 Å². The van der Waals surface area contributed by atoms with Gasteiger partial charge in [-0.25, -0.2) is 4.98 Å². The molecule has 2 aliphatic rings. The summed E-state index contributed by atoms with van der Waals surface area (Å²) in [5.74, 6) is -0.267. The summed E-state index contributed by atoms with van der Waals surface area (Å²) < 4.78 is 5.82. The molecule has 2 atom stereocenters. The summed E-state index contributed by atoms with van der Waals surface area (Å²) in [5.41, 5.74) is 0.263. The van der Waals surface area contributed by atoms with Gasteiger partial charge in [0, 0.05) is 31.3 Å². The van der Waals surface area contributed by atoms with Gasteiger partial charge in [-0.05, 0) is 38.3 Å². The number of hydrogen-bond acceptors (Lipinski definition) is 4. The molecule has 1 aromatic heterocycles. The van der Waals surface area contributed by atoms with Crippen LogP contribution in [-0.4, -0.2) is 46.7 Å². The van der Waals surface area contributed by atoms with E-state index in [9.17, 15) is 9.90 Å². The Hall–Kier alpha value is -1.62. The van der Waals surface area contributed by atoms with Gasteiger partial charge < -0.3 is 14.7 Å². The van der Waals surface area contributed by atoms with E-state index in [0.29, 0.717) is 0 Å². The van der Waals surface area contributed by atoms with Crippen LogP contribution in [0.5, 0.6) is 5.75 Å². The first-order valence-corrected chi connectivity index (χ1v) is 7.63. The van der Waals surface area contributed by atoms with Crippen LogP contribution in [0.15, 0.2) is 18.3 Å². The predicted octanol–water partition coefficient (Wildman–Crippen LogP) is 2.21. The lowest BCUT2D eigenvalue weighted by Gasteiger charge is -2.63. The van der Waals surface area contributed by atoms with Crippen molar-refractivity contribution in [2.24, 2.45) is 5.41 Å². The Kier molecular flexibility index (Phi) is 3.61. The Balaban J connectivity index is 1.76. The summed E-state index contributed by atoms with van der Waals surface area (Å²) >= 11 is 0. The molecule has 1 aromatic rings. The normalized spacial score (nSPS) is 26.0. The van der Waals surface area contributed by atoms with Gasteiger partial charge in [-0.3, -0.25) is 4.79 Å². The maximum absolute atomic E-state index is 12.6. The van der Waals surface area contributed by atoms with Gasteiger partial charge >= 0.3 is 0 Å². The van der Waals surface area contributed by atoms with E-state index < -0.39 is 0 Å². The van der Waals surface area contributed by atoms with Crippen LogP contribution in [0.25, 0.3) is 0 Å². The SMILES string of the molecule is CCOC1CC(N(C)C(=O)c2ncccc2O)C12CCC2. The van der Waals surface area contributed by atoms with E-state index in [2.05, 4.69) is 4.98 Å². The molecule has 2 unspecified atom stereocenters. The zero-order valence-electron chi connectivity index (χ0n) is 12.6. The van der Waals surface area contributed by atoms with Crippen molar-refractivity contribution >= 4 is 5.91 Å². The highest BCUT2D eigenvalue weighted by Crippen LogP contribution is 2.59. The molecule has 21 heavy (non-hydrogen) atoms. The number of aromatic hydroxyl groups is 1. The molecule has 2 aliphatic carbocycles. The van der Waals surface area contributed by atoms with Crippen LogP contribution in [0.3, 0.4) is 0 Å². The fourth-order valence-electron chi connectivity index (χ4n) is 3.82.